The molecule has 2 N–H and O–H groups in total. The number of aliphatic hydroxyl groups is 1. The van der Waals surface area contributed by atoms with E-state index in [2.05, 4.69) is 26.1 Å². The van der Waals surface area contributed by atoms with Crippen LogP contribution in [0.5, 0.6) is 0 Å². The van der Waals surface area contributed by atoms with Gasteiger partial charge in [0, 0.05) is 18.0 Å². The van der Waals surface area contributed by atoms with E-state index in [0.29, 0.717) is 11.5 Å². The summed E-state index contributed by atoms with van der Waals surface area (Å²) in [5.41, 5.74) is 0.716. The van der Waals surface area contributed by atoms with Gasteiger partial charge in [0.2, 0.25) is 0 Å². The van der Waals surface area contributed by atoms with Crippen LogP contribution in [0.3, 0.4) is 0 Å². The van der Waals surface area contributed by atoms with Crippen molar-refractivity contribution >= 4 is 0 Å². The van der Waals surface area contributed by atoms with Crippen LogP contribution in [0.2, 0.25) is 0 Å². The Kier molecular flexibility index (Phi) is 2.85. The maximum absolute atomic E-state index is 9.65. The first-order chi connectivity index (χ1) is 7.00. The molecule has 0 spiro atoms. The summed E-state index contributed by atoms with van der Waals surface area (Å²) < 4.78 is 0. The molecule has 0 aromatic carbocycles. The average molecular weight is 211 g/mol. The van der Waals surface area contributed by atoms with Crippen molar-refractivity contribution < 1.29 is 5.11 Å². The molecular formula is C13H25NO. The number of hydrogen-bond acceptors (Lipinski definition) is 2. The van der Waals surface area contributed by atoms with Crippen LogP contribution in [0, 0.1) is 10.8 Å². The van der Waals surface area contributed by atoms with Crippen molar-refractivity contribution in [1.29, 1.82) is 0 Å². The summed E-state index contributed by atoms with van der Waals surface area (Å²) >= 11 is 0. The molecule has 2 unspecified atom stereocenters. The van der Waals surface area contributed by atoms with Crippen molar-refractivity contribution in [2.45, 2.75) is 65.0 Å². The van der Waals surface area contributed by atoms with Crippen LogP contribution >= 0.6 is 0 Å². The van der Waals surface area contributed by atoms with Crippen LogP contribution in [0.1, 0.15) is 52.9 Å². The Morgan fingerprint density at radius 1 is 1.33 bits per heavy atom. The maximum atomic E-state index is 9.65. The fourth-order valence-corrected chi connectivity index (χ4v) is 2.81. The lowest BCUT2D eigenvalue weighted by molar-refractivity contribution is -0.0737. The summed E-state index contributed by atoms with van der Waals surface area (Å²) in [5, 5.41) is 13.3. The third-order valence-corrected chi connectivity index (χ3v) is 4.68. The van der Waals surface area contributed by atoms with E-state index in [4.69, 9.17) is 0 Å². The van der Waals surface area contributed by atoms with Gasteiger partial charge >= 0.3 is 0 Å². The smallest absolute Gasteiger partial charge is 0.0621 e. The number of nitrogens with one attached hydrogen (secondary N) is 1. The molecule has 2 aliphatic carbocycles. The van der Waals surface area contributed by atoms with Gasteiger partial charge in [-0.25, -0.2) is 0 Å². The van der Waals surface area contributed by atoms with Gasteiger partial charge < -0.3 is 10.4 Å². The van der Waals surface area contributed by atoms with Crippen molar-refractivity contribution in [2.75, 3.05) is 6.54 Å². The standard InChI is InChI=1S/C13H25NO/c1-4-5-13(6-7-13)9-14-10-8-11(15)12(10,2)3/h10-11,14-15H,4-9H2,1-3H3. The highest BCUT2D eigenvalue weighted by Gasteiger charge is 2.49. The molecule has 2 nitrogen and oxygen atoms in total. The first-order valence-electron chi connectivity index (χ1n) is 6.42. The summed E-state index contributed by atoms with van der Waals surface area (Å²) in [6.07, 6.45) is 6.33. The zero-order valence-corrected chi connectivity index (χ0v) is 10.3. The van der Waals surface area contributed by atoms with E-state index in [-0.39, 0.29) is 11.5 Å². The minimum absolute atomic E-state index is 0.0856. The van der Waals surface area contributed by atoms with E-state index >= 15 is 0 Å². The highest BCUT2D eigenvalue weighted by molar-refractivity contribution is 5.04. The molecule has 0 amide bonds. The first kappa shape index (κ1) is 11.4. The Labute approximate surface area is 93.5 Å². The van der Waals surface area contributed by atoms with Gasteiger partial charge in [0.15, 0.2) is 0 Å². The normalized spacial score (nSPS) is 36.0. The molecule has 2 fully saturated rings. The van der Waals surface area contributed by atoms with Gasteiger partial charge in [0.25, 0.3) is 0 Å². The molecule has 2 atom stereocenters. The van der Waals surface area contributed by atoms with E-state index in [1.807, 2.05) is 0 Å². The van der Waals surface area contributed by atoms with Gasteiger partial charge in [-0.15, -0.1) is 0 Å². The predicted octanol–water partition coefficient (Wildman–Crippen LogP) is 2.32. The Bertz CT molecular complexity index is 233. The lowest BCUT2D eigenvalue weighted by atomic mass is 9.64. The molecule has 2 heteroatoms. The number of aliphatic hydroxyl groups excluding tert-OH is 1. The summed E-state index contributed by atoms with van der Waals surface area (Å²) in [7, 11) is 0. The molecule has 2 aliphatic rings. The molecule has 0 heterocycles. The Hall–Kier alpha value is -0.0800. The summed E-state index contributed by atoms with van der Waals surface area (Å²) in [6, 6.07) is 0.529. The second kappa shape index (κ2) is 3.74. The molecule has 88 valence electrons. The van der Waals surface area contributed by atoms with Gasteiger partial charge in [-0.1, -0.05) is 27.2 Å². The average Bonchev–Trinajstić information content (AvgIpc) is 2.93. The molecule has 0 aliphatic heterocycles. The van der Waals surface area contributed by atoms with E-state index in [9.17, 15) is 5.11 Å². The second-order valence-electron chi connectivity index (χ2n) is 6.26. The van der Waals surface area contributed by atoms with Gasteiger partial charge in [-0.05, 0) is 31.1 Å². The zero-order chi connectivity index (χ0) is 11.1. The maximum Gasteiger partial charge on any atom is 0.0621 e. The van der Waals surface area contributed by atoms with Crippen LogP contribution in [0.15, 0.2) is 0 Å². The second-order valence-corrected chi connectivity index (χ2v) is 6.26. The van der Waals surface area contributed by atoms with Crippen LogP contribution in [-0.4, -0.2) is 23.8 Å². The van der Waals surface area contributed by atoms with E-state index in [1.165, 1.54) is 32.2 Å². The van der Waals surface area contributed by atoms with E-state index in [1.54, 1.807) is 0 Å². The number of rotatable bonds is 5. The van der Waals surface area contributed by atoms with Crippen molar-refractivity contribution in [3.63, 3.8) is 0 Å². The molecular weight excluding hydrogens is 186 g/mol. The largest absolute Gasteiger partial charge is 0.392 e. The molecule has 0 radical (unpaired) electrons. The van der Waals surface area contributed by atoms with Crippen LogP contribution in [-0.2, 0) is 0 Å². The minimum atomic E-state index is -0.101. The van der Waals surface area contributed by atoms with Gasteiger partial charge in [0.05, 0.1) is 6.10 Å². The molecule has 0 saturated heterocycles. The Morgan fingerprint density at radius 3 is 2.40 bits per heavy atom. The zero-order valence-electron chi connectivity index (χ0n) is 10.3. The molecule has 15 heavy (non-hydrogen) atoms. The first-order valence-corrected chi connectivity index (χ1v) is 6.42. The predicted molar refractivity (Wildman–Crippen MR) is 62.8 cm³/mol. The number of hydrogen-bond donors (Lipinski definition) is 2. The SMILES string of the molecule is CCCC1(CNC2CC(O)C2(C)C)CC1. The van der Waals surface area contributed by atoms with E-state index < -0.39 is 0 Å². The van der Waals surface area contributed by atoms with Gasteiger partial charge in [0.1, 0.15) is 0 Å². The summed E-state index contributed by atoms with van der Waals surface area (Å²) in [5.74, 6) is 0. The molecule has 0 aromatic rings. The Morgan fingerprint density at radius 2 is 2.00 bits per heavy atom. The summed E-state index contributed by atoms with van der Waals surface area (Å²) in [6.45, 7) is 7.77. The quantitative estimate of drug-likeness (QED) is 0.731. The van der Waals surface area contributed by atoms with Crippen molar-refractivity contribution in [2.24, 2.45) is 10.8 Å². The molecule has 2 rings (SSSR count). The molecule has 0 aromatic heterocycles. The molecule has 2 saturated carbocycles. The Balaban J connectivity index is 1.75. The van der Waals surface area contributed by atoms with Crippen molar-refractivity contribution in [3.8, 4) is 0 Å². The summed E-state index contributed by atoms with van der Waals surface area (Å²) in [4.78, 5) is 0. The monoisotopic (exact) mass is 211 g/mol. The third kappa shape index (κ3) is 2.07. The van der Waals surface area contributed by atoms with Crippen molar-refractivity contribution in [1.82, 2.24) is 5.32 Å². The topological polar surface area (TPSA) is 32.3 Å². The van der Waals surface area contributed by atoms with E-state index in [0.717, 1.165) is 6.42 Å². The minimum Gasteiger partial charge on any atom is -0.392 e. The highest BCUT2D eigenvalue weighted by Crippen LogP contribution is 2.50. The van der Waals surface area contributed by atoms with Gasteiger partial charge in [-0.3, -0.25) is 0 Å². The van der Waals surface area contributed by atoms with Crippen LogP contribution < -0.4 is 5.32 Å². The van der Waals surface area contributed by atoms with Crippen LogP contribution in [0.25, 0.3) is 0 Å². The third-order valence-electron chi connectivity index (χ3n) is 4.68. The lowest BCUT2D eigenvalue weighted by Gasteiger charge is -2.50. The molecule has 0 bridgehead atoms. The van der Waals surface area contributed by atoms with Crippen LogP contribution in [0.4, 0.5) is 0 Å². The fraction of sp³-hybridized carbons (Fsp3) is 1.00. The fourth-order valence-electron chi connectivity index (χ4n) is 2.81. The lowest BCUT2D eigenvalue weighted by Crippen LogP contribution is -2.60. The highest BCUT2D eigenvalue weighted by atomic mass is 16.3. The van der Waals surface area contributed by atoms with Crippen molar-refractivity contribution in [3.05, 3.63) is 0 Å². The van der Waals surface area contributed by atoms with Gasteiger partial charge in [-0.2, -0.15) is 0 Å².